The molecule has 2 bridgehead atoms. The predicted octanol–water partition coefficient (Wildman–Crippen LogP) is 1.91. The van der Waals surface area contributed by atoms with Gasteiger partial charge in [0.15, 0.2) is 0 Å². The molecular formula is C13H23N3O3. The molecule has 2 aliphatic rings. The van der Waals surface area contributed by atoms with Gasteiger partial charge in [0, 0.05) is 18.0 Å². The van der Waals surface area contributed by atoms with E-state index in [1.165, 1.54) is 0 Å². The molecule has 19 heavy (non-hydrogen) atoms. The number of rotatable bonds is 1. The van der Waals surface area contributed by atoms with E-state index in [0.717, 1.165) is 25.7 Å². The van der Waals surface area contributed by atoms with Crippen molar-refractivity contribution in [1.82, 2.24) is 4.90 Å². The number of carbonyl (C=O) groups excluding carboxylic acids is 1. The Hall–Kier alpha value is -1.46. The van der Waals surface area contributed by atoms with Crippen LogP contribution < -0.4 is 5.73 Å². The molecule has 6 heteroatoms. The van der Waals surface area contributed by atoms with Crippen molar-refractivity contribution >= 4 is 11.9 Å². The lowest BCUT2D eigenvalue weighted by Crippen LogP contribution is -2.50. The van der Waals surface area contributed by atoms with Gasteiger partial charge in [-0.1, -0.05) is 5.16 Å². The minimum absolute atomic E-state index is 0.0705. The molecule has 2 fully saturated rings. The first-order valence-electron chi connectivity index (χ1n) is 6.80. The zero-order chi connectivity index (χ0) is 14.2. The van der Waals surface area contributed by atoms with E-state index < -0.39 is 5.60 Å². The largest absolute Gasteiger partial charge is 0.444 e. The molecule has 1 amide bonds. The molecule has 6 nitrogen and oxygen atoms in total. The number of amides is 1. The molecule has 0 spiro atoms. The highest BCUT2D eigenvalue weighted by atomic mass is 16.6. The van der Waals surface area contributed by atoms with Gasteiger partial charge in [-0.3, -0.25) is 0 Å². The van der Waals surface area contributed by atoms with Crippen LogP contribution in [0, 0.1) is 5.92 Å². The maximum absolute atomic E-state index is 12.2. The van der Waals surface area contributed by atoms with Gasteiger partial charge >= 0.3 is 6.09 Å². The van der Waals surface area contributed by atoms with Gasteiger partial charge in [-0.2, -0.15) is 0 Å². The molecule has 2 rings (SSSR count). The smallest absolute Gasteiger partial charge is 0.410 e. The number of fused-ring (bicyclic) bond motifs is 2. The minimum atomic E-state index is -0.473. The summed E-state index contributed by atoms with van der Waals surface area (Å²) in [6.07, 6.45) is 3.22. The Morgan fingerprint density at radius 2 is 1.84 bits per heavy atom. The summed E-state index contributed by atoms with van der Waals surface area (Å²) >= 11 is 0. The van der Waals surface area contributed by atoms with Crippen LogP contribution in [0.15, 0.2) is 5.16 Å². The number of ether oxygens (including phenoxy) is 1. The van der Waals surface area contributed by atoms with Gasteiger partial charge in [-0.25, -0.2) is 4.79 Å². The van der Waals surface area contributed by atoms with Crippen molar-refractivity contribution in [2.75, 3.05) is 0 Å². The molecule has 2 saturated heterocycles. The Bertz CT molecular complexity index is 375. The molecular weight excluding hydrogens is 246 g/mol. The van der Waals surface area contributed by atoms with E-state index in [9.17, 15) is 4.79 Å². The van der Waals surface area contributed by atoms with E-state index in [2.05, 4.69) is 5.16 Å². The molecule has 0 radical (unpaired) electrons. The quantitative estimate of drug-likeness (QED) is 0.329. The number of oxime groups is 1. The van der Waals surface area contributed by atoms with Gasteiger partial charge in [-0.05, 0) is 46.5 Å². The Balaban J connectivity index is 2.05. The minimum Gasteiger partial charge on any atom is -0.444 e. The monoisotopic (exact) mass is 269 g/mol. The van der Waals surface area contributed by atoms with Crippen LogP contribution in [0.2, 0.25) is 0 Å². The van der Waals surface area contributed by atoms with Crippen molar-refractivity contribution in [2.24, 2.45) is 16.8 Å². The zero-order valence-electron chi connectivity index (χ0n) is 11.8. The number of nitrogens with zero attached hydrogens (tertiary/aromatic N) is 2. The summed E-state index contributed by atoms with van der Waals surface area (Å²) in [5.41, 5.74) is 5.22. The van der Waals surface area contributed by atoms with Crippen LogP contribution in [0.4, 0.5) is 4.79 Å². The summed E-state index contributed by atoms with van der Waals surface area (Å²) < 4.78 is 5.46. The first-order valence-corrected chi connectivity index (χ1v) is 6.80. The molecule has 2 unspecified atom stereocenters. The molecule has 2 atom stereocenters. The molecule has 108 valence electrons. The molecule has 0 aliphatic carbocycles. The predicted molar refractivity (Wildman–Crippen MR) is 71.0 cm³/mol. The topological polar surface area (TPSA) is 88.2 Å². The number of piperidine rings is 1. The van der Waals surface area contributed by atoms with E-state index >= 15 is 0 Å². The number of carbonyl (C=O) groups is 1. The van der Waals surface area contributed by atoms with E-state index in [1.54, 1.807) is 0 Å². The molecule has 0 aromatic rings. The van der Waals surface area contributed by atoms with Crippen LogP contribution >= 0.6 is 0 Å². The fraction of sp³-hybridized carbons (Fsp3) is 0.846. The second-order valence-electron chi connectivity index (χ2n) is 6.47. The van der Waals surface area contributed by atoms with Crippen LogP contribution in [0.3, 0.4) is 0 Å². The Morgan fingerprint density at radius 3 is 2.26 bits per heavy atom. The average Bonchev–Trinajstić information content (AvgIpc) is 2.57. The molecule has 2 aliphatic heterocycles. The highest BCUT2D eigenvalue weighted by molar-refractivity contribution is 5.83. The van der Waals surface area contributed by atoms with Crippen LogP contribution in [0.1, 0.15) is 46.5 Å². The van der Waals surface area contributed by atoms with E-state index in [4.69, 9.17) is 15.7 Å². The number of hydrogen-bond donors (Lipinski definition) is 2. The highest BCUT2D eigenvalue weighted by Crippen LogP contribution is 2.39. The summed E-state index contributed by atoms with van der Waals surface area (Å²) in [6, 6.07) is 0.304. The third-order valence-corrected chi connectivity index (χ3v) is 3.87. The third-order valence-electron chi connectivity index (χ3n) is 3.87. The van der Waals surface area contributed by atoms with Gasteiger partial charge in [0.25, 0.3) is 0 Å². The molecule has 0 aromatic carbocycles. The molecule has 0 saturated carbocycles. The standard InChI is InChI=1S/C13H23N3O3/c1-13(2,3)19-12(17)16-9-4-5-10(16)7-8(6-9)11(14)15-18/h8-10,18H,4-7H2,1-3H3,(H2,14,15). The SMILES string of the molecule is CC(C)(C)OC(=O)N1C2CCC1CC(/C(N)=N/O)C2. The molecule has 0 aromatic heterocycles. The summed E-state index contributed by atoms with van der Waals surface area (Å²) in [7, 11) is 0. The van der Waals surface area contributed by atoms with Crippen molar-refractivity contribution in [3.8, 4) is 0 Å². The van der Waals surface area contributed by atoms with Crippen molar-refractivity contribution in [3.63, 3.8) is 0 Å². The first-order chi connectivity index (χ1) is 8.81. The number of amidine groups is 1. The average molecular weight is 269 g/mol. The number of nitrogens with two attached hydrogens (primary N) is 1. The van der Waals surface area contributed by atoms with Gasteiger partial charge in [-0.15, -0.1) is 0 Å². The lowest BCUT2D eigenvalue weighted by atomic mass is 9.90. The van der Waals surface area contributed by atoms with E-state index in [1.807, 2.05) is 25.7 Å². The van der Waals surface area contributed by atoms with E-state index in [-0.39, 0.29) is 29.9 Å². The van der Waals surface area contributed by atoms with Crippen LogP contribution in [-0.4, -0.2) is 39.7 Å². The normalized spacial score (nSPS) is 31.4. The van der Waals surface area contributed by atoms with Crippen LogP contribution in [0.5, 0.6) is 0 Å². The van der Waals surface area contributed by atoms with Gasteiger partial charge in [0.05, 0.1) is 0 Å². The zero-order valence-corrected chi connectivity index (χ0v) is 11.8. The molecule has 3 N–H and O–H groups in total. The van der Waals surface area contributed by atoms with Crippen molar-refractivity contribution in [1.29, 1.82) is 0 Å². The van der Waals surface area contributed by atoms with Gasteiger partial charge in [0.1, 0.15) is 11.4 Å². The summed E-state index contributed by atoms with van der Waals surface area (Å²) in [4.78, 5) is 14.1. The molecule has 2 heterocycles. The van der Waals surface area contributed by atoms with Crippen molar-refractivity contribution < 1.29 is 14.7 Å². The maximum atomic E-state index is 12.2. The van der Waals surface area contributed by atoms with E-state index in [0.29, 0.717) is 0 Å². The van der Waals surface area contributed by atoms with Crippen LogP contribution in [-0.2, 0) is 4.74 Å². The highest BCUT2D eigenvalue weighted by Gasteiger charge is 2.45. The lowest BCUT2D eigenvalue weighted by molar-refractivity contribution is 0.00515. The Morgan fingerprint density at radius 1 is 1.32 bits per heavy atom. The first kappa shape index (κ1) is 14.0. The number of hydrogen-bond acceptors (Lipinski definition) is 4. The second-order valence-corrected chi connectivity index (χ2v) is 6.47. The summed E-state index contributed by atoms with van der Waals surface area (Å²) in [5, 5.41) is 11.9. The second kappa shape index (κ2) is 4.90. The fourth-order valence-corrected chi connectivity index (χ4v) is 3.11. The maximum Gasteiger partial charge on any atom is 0.410 e. The Labute approximate surface area is 113 Å². The lowest BCUT2D eigenvalue weighted by Gasteiger charge is -2.39. The fourth-order valence-electron chi connectivity index (χ4n) is 3.11. The van der Waals surface area contributed by atoms with Crippen molar-refractivity contribution in [3.05, 3.63) is 0 Å². The van der Waals surface area contributed by atoms with Crippen molar-refractivity contribution in [2.45, 2.75) is 64.1 Å². The summed E-state index contributed by atoms with van der Waals surface area (Å²) in [5.74, 6) is 0.349. The van der Waals surface area contributed by atoms with Gasteiger partial charge < -0.3 is 20.6 Å². The van der Waals surface area contributed by atoms with Gasteiger partial charge in [0.2, 0.25) is 0 Å². The third kappa shape index (κ3) is 2.93. The summed E-state index contributed by atoms with van der Waals surface area (Å²) in [6.45, 7) is 5.61. The Kier molecular flexibility index (Phi) is 3.60. The van der Waals surface area contributed by atoms with Crippen LogP contribution in [0.25, 0.3) is 0 Å².